The van der Waals surface area contributed by atoms with Gasteiger partial charge in [-0.25, -0.2) is 9.97 Å². The van der Waals surface area contributed by atoms with E-state index in [0.717, 1.165) is 24.3 Å². The van der Waals surface area contributed by atoms with Gasteiger partial charge in [-0.3, -0.25) is 0 Å². The molecule has 17 heavy (non-hydrogen) atoms. The summed E-state index contributed by atoms with van der Waals surface area (Å²) in [5.74, 6) is 1.00. The van der Waals surface area contributed by atoms with Crippen LogP contribution in [0, 0.1) is 6.92 Å². The fraction of sp³-hybridized carbons (Fsp3) is 0.500. The van der Waals surface area contributed by atoms with Crippen LogP contribution >= 0.6 is 0 Å². The molecule has 0 unspecified atom stereocenters. The molecule has 0 bridgehead atoms. The summed E-state index contributed by atoms with van der Waals surface area (Å²) in [5, 5.41) is 19.2. The monoisotopic (exact) mass is 233 g/mol. The normalized spacial score (nSPS) is 28.3. The molecule has 0 amide bonds. The minimum atomic E-state index is -0.565. The standard InChI is InChI=1S/C12H15N3O2/c1-7-14-10-3-9(16)6-13-11(10)15(7)8-4-12(2,17)5-8/h3,6,8,16-17H,4-5H2,1-2H3/t8-,12+. The molecular weight excluding hydrogens is 218 g/mol. The van der Waals surface area contributed by atoms with Crippen LogP contribution in [0.5, 0.6) is 5.75 Å². The van der Waals surface area contributed by atoms with Gasteiger partial charge in [-0.05, 0) is 26.7 Å². The lowest BCUT2D eigenvalue weighted by Gasteiger charge is -2.42. The smallest absolute Gasteiger partial charge is 0.160 e. The third-order valence-electron chi connectivity index (χ3n) is 3.41. The van der Waals surface area contributed by atoms with Crippen molar-refractivity contribution in [2.45, 2.75) is 38.3 Å². The lowest BCUT2D eigenvalue weighted by Crippen LogP contribution is -2.42. The van der Waals surface area contributed by atoms with Crippen LogP contribution in [0.4, 0.5) is 0 Å². The summed E-state index contributed by atoms with van der Waals surface area (Å²) >= 11 is 0. The SMILES string of the molecule is Cc1nc2cc(O)cnc2n1[C@H]1C[C@@](C)(O)C1. The molecule has 2 heterocycles. The van der Waals surface area contributed by atoms with Crippen molar-refractivity contribution >= 4 is 11.2 Å². The number of fused-ring (bicyclic) bond motifs is 1. The zero-order valence-corrected chi connectivity index (χ0v) is 9.88. The van der Waals surface area contributed by atoms with Crippen molar-refractivity contribution in [1.82, 2.24) is 14.5 Å². The van der Waals surface area contributed by atoms with Crippen LogP contribution in [-0.4, -0.2) is 30.3 Å². The lowest BCUT2D eigenvalue weighted by molar-refractivity contribution is -0.0504. The number of rotatable bonds is 1. The van der Waals surface area contributed by atoms with Crippen LogP contribution in [0.2, 0.25) is 0 Å². The summed E-state index contributed by atoms with van der Waals surface area (Å²) in [5.41, 5.74) is 0.916. The van der Waals surface area contributed by atoms with Gasteiger partial charge in [-0.15, -0.1) is 0 Å². The molecule has 5 nitrogen and oxygen atoms in total. The van der Waals surface area contributed by atoms with E-state index in [0.29, 0.717) is 5.52 Å². The Morgan fingerprint density at radius 2 is 2.18 bits per heavy atom. The Bertz CT molecular complexity index is 581. The Morgan fingerprint density at radius 1 is 1.47 bits per heavy atom. The van der Waals surface area contributed by atoms with E-state index >= 15 is 0 Å². The van der Waals surface area contributed by atoms with Crippen LogP contribution in [0.1, 0.15) is 31.6 Å². The number of aryl methyl sites for hydroxylation is 1. The second kappa shape index (κ2) is 3.20. The third kappa shape index (κ3) is 1.58. The van der Waals surface area contributed by atoms with Gasteiger partial charge in [-0.1, -0.05) is 0 Å². The first-order valence-electron chi connectivity index (χ1n) is 5.72. The summed E-state index contributed by atoms with van der Waals surface area (Å²) < 4.78 is 2.05. The number of hydrogen-bond acceptors (Lipinski definition) is 4. The molecule has 0 spiro atoms. The molecule has 3 rings (SSSR count). The molecule has 0 saturated heterocycles. The van der Waals surface area contributed by atoms with Crippen molar-refractivity contribution in [1.29, 1.82) is 0 Å². The van der Waals surface area contributed by atoms with Gasteiger partial charge in [0.2, 0.25) is 0 Å². The Labute approximate surface area is 98.7 Å². The predicted molar refractivity (Wildman–Crippen MR) is 62.8 cm³/mol. The van der Waals surface area contributed by atoms with Crippen LogP contribution < -0.4 is 0 Å². The van der Waals surface area contributed by atoms with Gasteiger partial charge in [0.1, 0.15) is 17.1 Å². The topological polar surface area (TPSA) is 71.2 Å². The average Bonchev–Trinajstić information content (AvgIpc) is 2.49. The van der Waals surface area contributed by atoms with E-state index in [1.807, 2.05) is 18.4 Å². The molecule has 1 aliphatic carbocycles. The second-order valence-corrected chi connectivity index (χ2v) is 5.12. The van der Waals surface area contributed by atoms with Gasteiger partial charge in [0.15, 0.2) is 5.65 Å². The minimum absolute atomic E-state index is 0.128. The molecule has 0 aliphatic heterocycles. The predicted octanol–water partition coefficient (Wildman–Crippen LogP) is 1.53. The van der Waals surface area contributed by atoms with Gasteiger partial charge < -0.3 is 14.8 Å². The molecule has 90 valence electrons. The van der Waals surface area contributed by atoms with E-state index in [4.69, 9.17) is 0 Å². The number of hydrogen-bond donors (Lipinski definition) is 2. The van der Waals surface area contributed by atoms with Crippen molar-refractivity contribution in [3.8, 4) is 5.75 Å². The molecule has 2 N–H and O–H groups in total. The molecule has 1 fully saturated rings. The average molecular weight is 233 g/mol. The van der Waals surface area contributed by atoms with Gasteiger partial charge in [0.05, 0.1) is 11.8 Å². The van der Waals surface area contributed by atoms with Crippen LogP contribution in [0.15, 0.2) is 12.3 Å². The molecular formula is C12H15N3O2. The number of pyridine rings is 1. The van der Waals surface area contributed by atoms with Crippen LogP contribution in [-0.2, 0) is 0 Å². The van der Waals surface area contributed by atoms with Crippen LogP contribution in [0.3, 0.4) is 0 Å². The van der Waals surface area contributed by atoms with Gasteiger partial charge in [0.25, 0.3) is 0 Å². The fourth-order valence-corrected chi connectivity index (χ4v) is 2.66. The van der Waals surface area contributed by atoms with Gasteiger partial charge in [-0.2, -0.15) is 0 Å². The number of imidazole rings is 1. The molecule has 0 radical (unpaired) electrons. The van der Waals surface area contributed by atoms with Gasteiger partial charge in [0, 0.05) is 12.1 Å². The first-order valence-corrected chi connectivity index (χ1v) is 5.72. The Kier molecular flexibility index (Phi) is 1.98. The number of aromatic hydroxyl groups is 1. The number of aliphatic hydroxyl groups is 1. The summed E-state index contributed by atoms with van der Waals surface area (Å²) in [6, 6.07) is 1.87. The van der Waals surface area contributed by atoms with E-state index in [9.17, 15) is 10.2 Å². The summed E-state index contributed by atoms with van der Waals surface area (Å²) in [6.45, 7) is 3.77. The summed E-state index contributed by atoms with van der Waals surface area (Å²) in [6.07, 6.45) is 2.88. The minimum Gasteiger partial charge on any atom is -0.506 e. The Morgan fingerprint density at radius 3 is 2.82 bits per heavy atom. The van der Waals surface area contributed by atoms with Crippen molar-refractivity contribution in [2.24, 2.45) is 0 Å². The molecule has 0 aromatic carbocycles. The highest BCUT2D eigenvalue weighted by molar-refractivity contribution is 5.73. The van der Waals surface area contributed by atoms with Gasteiger partial charge >= 0.3 is 0 Å². The molecule has 2 aromatic rings. The molecule has 1 saturated carbocycles. The fourth-order valence-electron chi connectivity index (χ4n) is 2.66. The highest BCUT2D eigenvalue weighted by atomic mass is 16.3. The maximum Gasteiger partial charge on any atom is 0.160 e. The number of nitrogens with zero attached hydrogens (tertiary/aromatic N) is 3. The summed E-state index contributed by atoms with van der Waals surface area (Å²) in [7, 11) is 0. The van der Waals surface area contributed by atoms with Crippen molar-refractivity contribution < 1.29 is 10.2 Å². The highest BCUT2D eigenvalue weighted by Gasteiger charge is 2.40. The van der Waals surface area contributed by atoms with Crippen molar-refractivity contribution in [3.05, 3.63) is 18.1 Å². The van der Waals surface area contributed by atoms with E-state index in [2.05, 4.69) is 9.97 Å². The van der Waals surface area contributed by atoms with Crippen molar-refractivity contribution in [3.63, 3.8) is 0 Å². The second-order valence-electron chi connectivity index (χ2n) is 5.12. The Balaban J connectivity index is 2.08. The lowest BCUT2D eigenvalue weighted by atomic mass is 9.77. The molecule has 0 atom stereocenters. The molecule has 1 aliphatic rings. The van der Waals surface area contributed by atoms with E-state index in [-0.39, 0.29) is 11.8 Å². The van der Waals surface area contributed by atoms with E-state index in [1.54, 1.807) is 6.07 Å². The quantitative estimate of drug-likeness (QED) is 0.783. The zero-order chi connectivity index (χ0) is 12.2. The number of aromatic nitrogens is 3. The molecule has 5 heteroatoms. The first-order chi connectivity index (χ1) is 7.96. The van der Waals surface area contributed by atoms with Crippen LogP contribution in [0.25, 0.3) is 11.2 Å². The molecule has 2 aromatic heterocycles. The largest absolute Gasteiger partial charge is 0.506 e. The van der Waals surface area contributed by atoms with E-state index in [1.165, 1.54) is 6.20 Å². The summed E-state index contributed by atoms with van der Waals surface area (Å²) in [4.78, 5) is 8.60. The maximum atomic E-state index is 9.80. The third-order valence-corrected chi connectivity index (χ3v) is 3.41. The first kappa shape index (κ1) is 10.5. The zero-order valence-electron chi connectivity index (χ0n) is 9.88. The van der Waals surface area contributed by atoms with Crippen molar-refractivity contribution in [2.75, 3.05) is 0 Å². The van der Waals surface area contributed by atoms with E-state index < -0.39 is 5.60 Å². The Hall–Kier alpha value is -1.62. The highest BCUT2D eigenvalue weighted by Crippen LogP contribution is 2.42. The maximum absolute atomic E-state index is 9.80.